The summed E-state index contributed by atoms with van der Waals surface area (Å²) in [6, 6.07) is 0. The van der Waals surface area contributed by atoms with E-state index < -0.39 is 32.6 Å². The van der Waals surface area contributed by atoms with Crippen molar-refractivity contribution in [2.24, 2.45) is 0 Å². The maximum atomic E-state index is 10.5. The molecular weight excluding hydrogens is 316 g/mol. The van der Waals surface area contributed by atoms with E-state index in [9.17, 15) is 5.11 Å². The van der Waals surface area contributed by atoms with Crippen LogP contribution in [0.15, 0.2) is 0 Å². The summed E-state index contributed by atoms with van der Waals surface area (Å²) < 4.78 is 29.0. The second-order valence-electron chi connectivity index (χ2n) is 8.41. The van der Waals surface area contributed by atoms with Gasteiger partial charge < -0.3 is 28.5 Å². The first-order valence-electron chi connectivity index (χ1n) is 8.24. The molecule has 0 bridgehead atoms. The second kappa shape index (κ2) is 6.37. The van der Waals surface area contributed by atoms with E-state index in [1.165, 1.54) is 0 Å². The fourth-order valence-electron chi connectivity index (χ4n) is 2.69. The first kappa shape index (κ1) is 19.3. The molecule has 7 heteroatoms. The molecule has 2 rings (SSSR count). The Morgan fingerprint density at radius 1 is 1.22 bits per heavy atom. The van der Waals surface area contributed by atoms with Crippen LogP contribution in [0, 0.1) is 0 Å². The number of aliphatic hydroxyl groups is 1. The van der Waals surface area contributed by atoms with Crippen molar-refractivity contribution in [3.05, 3.63) is 0 Å². The average molecular weight is 349 g/mol. The molecule has 0 amide bonds. The lowest BCUT2D eigenvalue weighted by atomic mass is 10.1. The number of ether oxygens (including phenoxy) is 4. The van der Waals surface area contributed by atoms with Crippen LogP contribution in [-0.4, -0.2) is 63.6 Å². The van der Waals surface area contributed by atoms with Crippen LogP contribution in [0.3, 0.4) is 0 Å². The Morgan fingerprint density at radius 2 is 1.83 bits per heavy atom. The SMILES string of the molecule is CO[C@@H]1C2OC(C)(C)O[C@@H]2O[C@H]1C(O)CO[Si](C)(C)C(C)(C)C. The predicted octanol–water partition coefficient (Wildman–Crippen LogP) is 2.26. The van der Waals surface area contributed by atoms with Crippen LogP contribution < -0.4 is 0 Å². The van der Waals surface area contributed by atoms with Crippen LogP contribution in [0.2, 0.25) is 18.1 Å². The summed E-state index contributed by atoms with van der Waals surface area (Å²) in [7, 11) is -0.324. The van der Waals surface area contributed by atoms with Crippen molar-refractivity contribution < 1.29 is 28.5 Å². The fourth-order valence-corrected chi connectivity index (χ4v) is 3.71. The van der Waals surface area contributed by atoms with Crippen LogP contribution in [0.4, 0.5) is 0 Å². The van der Waals surface area contributed by atoms with Crippen LogP contribution in [0.25, 0.3) is 0 Å². The van der Waals surface area contributed by atoms with Crippen molar-refractivity contribution in [2.45, 2.75) is 89.2 Å². The number of aliphatic hydroxyl groups excluding tert-OH is 1. The van der Waals surface area contributed by atoms with Gasteiger partial charge in [0.05, 0.1) is 6.61 Å². The Morgan fingerprint density at radius 3 is 2.35 bits per heavy atom. The molecule has 0 radical (unpaired) electrons. The van der Waals surface area contributed by atoms with E-state index in [1.54, 1.807) is 7.11 Å². The standard InChI is InChI=1S/C16H32O6Si/c1-15(2,3)23(7,8)19-9-10(17)11-12(18-6)13-14(20-11)22-16(4,5)21-13/h10-14,17H,9H2,1-8H3/t10?,11-,12-,13?,14-/m0/s1. The van der Waals surface area contributed by atoms with Gasteiger partial charge in [0.25, 0.3) is 0 Å². The van der Waals surface area contributed by atoms with Crippen LogP contribution in [0.1, 0.15) is 34.6 Å². The van der Waals surface area contributed by atoms with Gasteiger partial charge in [0.2, 0.25) is 0 Å². The molecule has 0 spiro atoms. The largest absolute Gasteiger partial charge is 0.414 e. The van der Waals surface area contributed by atoms with Gasteiger partial charge >= 0.3 is 0 Å². The van der Waals surface area contributed by atoms with E-state index in [4.69, 9.17) is 23.4 Å². The van der Waals surface area contributed by atoms with Gasteiger partial charge in [0.1, 0.15) is 24.4 Å². The number of fused-ring (bicyclic) bond motifs is 1. The molecule has 0 saturated carbocycles. The third-order valence-electron chi connectivity index (χ3n) is 5.10. The highest BCUT2D eigenvalue weighted by Crippen LogP contribution is 2.40. The number of rotatable bonds is 5. The van der Waals surface area contributed by atoms with Crippen LogP contribution >= 0.6 is 0 Å². The number of hydrogen-bond acceptors (Lipinski definition) is 6. The normalized spacial score (nSPS) is 35.3. The molecule has 2 aliphatic rings. The monoisotopic (exact) mass is 348 g/mol. The van der Waals surface area contributed by atoms with Gasteiger partial charge in [-0.25, -0.2) is 0 Å². The quantitative estimate of drug-likeness (QED) is 0.769. The van der Waals surface area contributed by atoms with Gasteiger partial charge in [0.15, 0.2) is 20.4 Å². The van der Waals surface area contributed by atoms with Gasteiger partial charge in [-0.15, -0.1) is 0 Å². The van der Waals surface area contributed by atoms with Crippen molar-refractivity contribution in [2.75, 3.05) is 13.7 Å². The molecule has 5 atom stereocenters. The van der Waals surface area contributed by atoms with E-state index >= 15 is 0 Å². The van der Waals surface area contributed by atoms with Crippen LogP contribution in [-0.2, 0) is 23.4 Å². The number of methoxy groups -OCH3 is 1. The topological polar surface area (TPSA) is 66.4 Å². The van der Waals surface area contributed by atoms with E-state index in [0.29, 0.717) is 0 Å². The van der Waals surface area contributed by atoms with Crippen LogP contribution in [0.5, 0.6) is 0 Å². The summed E-state index contributed by atoms with van der Waals surface area (Å²) >= 11 is 0. The maximum absolute atomic E-state index is 10.5. The van der Waals surface area contributed by atoms with Gasteiger partial charge in [0, 0.05) is 7.11 Å². The zero-order valence-corrected chi connectivity index (χ0v) is 16.6. The van der Waals surface area contributed by atoms with Crippen molar-refractivity contribution in [3.63, 3.8) is 0 Å². The Bertz CT molecular complexity index is 419. The maximum Gasteiger partial charge on any atom is 0.192 e. The summed E-state index contributed by atoms with van der Waals surface area (Å²) in [6.45, 7) is 14.7. The van der Waals surface area contributed by atoms with Gasteiger partial charge in [-0.2, -0.15) is 0 Å². The molecule has 2 saturated heterocycles. The third kappa shape index (κ3) is 3.97. The molecule has 136 valence electrons. The highest BCUT2D eigenvalue weighted by Gasteiger charge is 2.57. The lowest BCUT2D eigenvalue weighted by Crippen LogP contribution is -2.48. The minimum absolute atomic E-state index is 0.0939. The van der Waals surface area contributed by atoms with Gasteiger partial charge in [-0.05, 0) is 32.0 Å². The summed E-state index contributed by atoms with van der Waals surface area (Å²) in [4.78, 5) is 0. The first-order valence-corrected chi connectivity index (χ1v) is 11.1. The van der Waals surface area contributed by atoms with Crippen molar-refractivity contribution in [1.29, 1.82) is 0 Å². The lowest BCUT2D eigenvalue weighted by molar-refractivity contribution is -0.229. The third-order valence-corrected chi connectivity index (χ3v) is 9.60. The Kier molecular flexibility index (Phi) is 5.34. The van der Waals surface area contributed by atoms with E-state index in [1.807, 2.05) is 13.8 Å². The molecular formula is C16H32O6Si. The van der Waals surface area contributed by atoms with E-state index in [0.717, 1.165) is 0 Å². The molecule has 6 nitrogen and oxygen atoms in total. The summed E-state index contributed by atoms with van der Waals surface area (Å²) in [5.41, 5.74) is 0. The minimum Gasteiger partial charge on any atom is -0.414 e. The first-order chi connectivity index (χ1) is 10.4. The van der Waals surface area contributed by atoms with E-state index in [-0.39, 0.29) is 23.9 Å². The molecule has 0 aromatic rings. The Labute approximate surface area is 140 Å². The Hall–Kier alpha value is -0.0231. The smallest absolute Gasteiger partial charge is 0.192 e. The van der Waals surface area contributed by atoms with Crippen molar-refractivity contribution >= 4 is 8.32 Å². The molecule has 2 fully saturated rings. The summed E-state index contributed by atoms with van der Waals surface area (Å²) in [5, 5.41) is 10.6. The Balaban J connectivity index is 1.97. The zero-order chi connectivity index (χ0) is 17.6. The second-order valence-corrected chi connectivity index (χ2v) is 13.2. The molecule has 0 aliphatic carbocycles. The molecule has 0 aromatic heterocycles. The van der Waals surface area contributed by atoms with Gasteiger partial charge in [-0.1, -0.05) is 20.8 Å². The highest BCUT2D eigenvalue weighted by molar-refractivity contribution is 6.74. The van der Waals surface area contributed by atoms with Gasteiger partial charge in [-0.3, -0.25) is 0 Å². The molecule has 2 unspecified atom stereocenters. The molecule has 2 heterocycles. The lowest BCUT2D eigenvalue weighted by Gasteiger charge is -2.37. The summed E-state index contributed by atoms with van der Waals surface area (Å²) in [6.07, 6.45) is -2.52. The number of hydrogen-bond donors (Lipinski definition) is 1. The van der Waals surface area contributed by atoms with Crippen molar-refractivity contribution in [3.8, 4) is 0 Å². The fraction of sp³-hybridized carbons (Fsp3) is 1.00. The zero-order valence-electron chi connectivity index (χ0n) is 15.6. The minimum atomic E-state index is -1.92. The molecule has 2 aliphatic heterocycles. The van der Waals surface area contributed by atoms with E-state index in [2.05, 4.69) is 33.9 Å². The molecule has 23 heavy (non-hydrogen) atoms. The predicted molar refractivity (Wildman–Crippen MR) is 88.7 cm³/mol. The molecule has 1 N–H and O–H groups in total. The molecule has 0 aromatic carbocycles. The highest BCUT2D eigenvalue weighted by atomic mass is 28.4. The average Bonchev–Trinajstić information content (AvgIpc) is 2.85. The summed E-state index contributed by atoms with van der Waals surface area (Å²) in [5.74, 6) is -0.695. The van der Waals surface area contributed by atoms with Crippen molar-refractivity contribution in [1.82, 2.24) is 0 Å².